The molecule has 0 saturated heterocycles. The fraction of sp³-hybridized carbons (Fsp3) is 0.524. The number of nitrogens with one attached hydrogen (secondary N) is 1. The van der Waals surface area contributed by atoms with E-state index in [9.17, 15) is 4.79 Å². The average Bonchev–Trinajstić information content (AvgIpc) is 3.35. The molecule has 1 amide bonds. The zero-order chi connectivity index (χ0) is 18.7. The first-order chi connectivity index (χ1) is 13.2. The van der Waals surface area contributed by atoms with Crippen molar-refractivity contribution in [2.75, 3.05) is 19.8 Å². The normalized spacial score (nSPS) is 17.7. The number of carbonyl (C=O) groups is 1. The molecular weight excluding hydrogens is 342 g/mol. The summed E-state index contributed by atoms with van der Waals surface area (Å²) in [6.07, 6.45) is 9.68. The van der Waals surface area contributed by atoms with Crippen LogP contribution in [0.5, 0.6) is 11.5 Å². The second kappa shape index (κ2) is 7.62. The highest BCUT2D eigenvalue weighted by molar-refractivity contribution is 5.88. The van der Waals surface area contributed by atoms with Crippen LogP contribution in [0.4, 0.5) is 0 Å². The van der Waals surface area contributed by atoms with Gasteiger partial charge in [0.2, 0.25) is 5.91 Å². The van der Waals surface area contributed by atoms with Gasteiger partial charge in [0, 0.05) is 19.8 Å². The van der Waals surface area contributed by atoms with Crippen molar-refractivity contribution in [3.63, 3.8) is 0 Å². The van der Waals surface area contributed by atoms with Crippen LogP contribution < -0.4 is 14.8 Å². The monoisotopic (exact) mass is 369 g/mol. The number of rotatable bonds is 6. The molecule has 0 spiro atoms. The molecule has 1 N–H and O–H groups in total. The van der Waals surface area contributed by atoms with Crippen LogP contribution in [0.25, 0.3) is 0 Å². The molecule has 2 heterocycles. The summed E-state index contributed by atoms with van der Waals surface area (Å²) in [4.78, 5) is 13.2. The molecule has 0 radical (unpaired) electrons. The number of aromatic nitrogens is 2. The Kier molecular flexibility index (Phi) is 5.05. The number of nitrogens with zero attached hydrogens (tertiary/aromatic N) is 2. The zero-order valence-electron chi connectivity index (χ0n) is 15.9. The standard InChI is InChI=1S/C21H27N3O3/c1-24-15-16(14-23-24)5-4-10-22-20(25)21(8-2-3-9-21)17-6-7-18-19(13-17)27-12-11-26-18/h6-7,13-15H,2-5,8-12H2,1H3,(H,22,25). The van der Waals surface area contributed by atoms with Gasteiger partial charge >= 0.3 is 0 Å². The van der Waals surface area contributed by atoms with Crippen molar-refractivity contribution in [1.29, 1.82) is 0 Å². The highest BCUT2D eigenvalue weighted by atomic mass is 16.6. The molecule has 1 saturated carbocycles. The molecule has 0 bridgehead atoms. The summed E-state index contributed by atoms with van der Waals surface area (Å²) in [6, 6.07) is 5.99. The fourth-order valence-electron chi connectivity index (χ4n) is 4.23. The van der Waals surface area contributed by atoms with Crippen molar-refractivity contribution >= 4 is 5.91 Å². The molecule has 1 aliphatic heterocycles. The van der Waals surface area contributed by atoms with Gasteiger partial charge in [-0.15, -0.1) is 0 Å². The number of hydrogen-bond acceptors (Lipinski definition) is 4. The van der Waals surface area contributed by atoms with E-state index in [0.717, 1.165) is 55.6 Å². The van der Waals surface area contributed by atoms with E-state index in [-0.39, 0.29) is 5.91 Å². The van der Waals surface area contributed by atoms with Crippen LogP contribution in [-0.4, -0.2) is 35.4 Å². The highest BCUT2D eigenvalue weighted by Crippen LogP contribution is 2.44. The number of fused-ring (bicyclic) bond motifs is 1. The first-order valence-corrected chi connectivity index (χ1v) is 9.83. The Balaban J connectivity index is 1.42. The predicted molar refractivity (Wildman–Crippen MR) is 102 cm³/mol. The molecule has 1 aromatic heterocycles. The minimum absolute atomic E-state index is 0.142. The number of benzene rings is 1. The first-order valence-electron chi connectivity index (χ1n) is 9.83. The van der Waals surface area contributed by atoms with Crippen LogP contribution in [-0.2, 0) is 23.7 Å². The van der Waals surface area contributed by atoms with Crippen LogP contribution in [0.1, 0.15) is 43.2 Å². The Morgan fingerprint density at radius 1 is 1.22 bits per heavy atom. The molecule has 0 unspecified atom stereocenters. The van der Waals surface area contributed by atoms with Gasteiger partial charge < -0.3 is 14.8 Å². The fourth-order valence-corrected chi connectivity index (χ4v) is 4.23. The van der Waals surface area contributed by atoms with Crippen molar-refractivity contribution in [1.82, 2.24) is 15.1 Å². The summed E-state index contributed by atoms with van der Waals surface area (Å²) in [5, 5.41) is 7.37. The van der Waals surface area contributed by atoms with Crippen molar-refractivity contribution in [3.05, 3.63) is 41.7 Å². The molecule has 0 atom stereocenters. The van der Waals surface area contributed by atoms with Crippen LogP contribution >= 0.6 is 0 Å². The maximum atomic E-state index is 13.2. The number of aryl methyl sites for hydroxylation is 2. The Morgan fingerprint density at radius 3 is 2.74 bits per heavy atom. The van der Waals surface area contributed by atoms with Crippen LogP contribution in [0.2, 0.25) is 0 Å². The Morgan fingerprint density at radius 2 is 2.00 bits per heavy atom. The van der Waals surface area contributed by atoms with Crippen LogP contribution in [0, 0.1) is 0 Å². The second-order valence-electron chi connectivity index (χ2n) is 7.53. The summed E-state index contributed by atoms with van der Waals surface area (Å²) in [7, 11) is 1.92. The maximum absolute atomic E-state index is 13.2. The van der Waals surface area contributed by atoms with Gasteiger partial charge in [0.25, 0.3) is 0 Å². The third kappa shape index (κ3) is 3.66. The summed E-state index contributed by atoms with van der Waals surface area (Å²) in [5.74, 6) is 1.67. The number of carbonyl (C=O) groups excluding carboxylic acids is 1. The number of ether oxygens (including phenoxy) is 2. The lowest BCUT2D eigenvalue weighted by Crippen LogP contribution is -2.43. The minimum Gasteiger partial charge on any atom is -0.486 e. The summed E-state index contributed by atoms with van der Waals surface area (Å²) < 4.78 is 13.2. The van der Waals surface area contributed by atoms with Crippen LogP contribution in [0.15, 0.2) is 30.6 Å². The van der Waals surface area contributed by atoms with Crippen molar-refractivity contribution in [3.8, 4) is 11.5 Å². The summed E-state index contributed by atoms with van der Waals surface area (Å²) in [5.41, 5.74) is 1.81. The quantitative estimate of drug-likeness (QED) is 0.795. The van der Waals surface area contributed by atoms with E-state index in [2.05, 4.69) is 10.4 Å². The number of amides is 1. The van der Waals surface area contributed by atoms with Crippen molar-refractivity contribution in [2.45, 2.75) is 43.9 Å². The SMILES string of the molecule is Cn1cc(CCCNC(=O)C2(c3ccc4c(c3)OCCO4)CCCC2)cn1. The first kappa shape index (κ1) is 17.9. The topological polar surface area (TPSA) is 65.4 Å². The molecule has 1 aromatic carbocycles. The van der Waals surface area contributed by atoms with Crippen molar-refractivity contribution < 1.29 is 14.3 Å². The Bertz CT molecular complexity index is 809. The molecular formula is C21H27N3O3. The van der Waals surface area contributed by atoms with Gasteiger partial charge in [-0.25, -0.2) is 0 Å². The van der Waals surface area contributed by atoms with E-state index in [0.29, 0.717) is 19.8 Å². The minimum atomic E-state index is -0.440. The van der Waals surface area contributed by atoms with Gasteiger partial charge in [0.05, 0.1) is 11.6 Å². The largest absolute Gasteiger partial charge is 0.486 e. The third-order valence-corrected chi connectivity index (χ3v) is 5.67. The van der Waals surface area contributed by atoms with Gasteiger partial charge in [-0.3, -0.25) is 9.48 Å². The smallest absolute Gasteiger partial charge is 0.230 e. The van der Waals surface area contributed by atoms with E-state index in [1.54, 1.807) is 0 Å². The highest BCUT2D eigenvalue weighted by Gasteiger charge is 2.43. The van der Waals surface area contributed by atoms with Gasteiger partial charge in [-0.05, 0) is 48.9 Å². The molecule has 144 valence electrons. The summed E-state index contributed by atoms with van der Waals surface area (Å²) >= 11 is 0. The Labute approximate surface area is 159 Å². The van der Waals surface area contributed by atoms with Gasteiger partial charge in [-0.1, -0.05) is 18.9 Å². The van der Waals surface area contributed by atoms with Gasteiger partial charge in [0.1, 0.15) is 13.2 Å². The van der Waals surface area contributed by atoms with Gasteiger partial charge in [-0.2, -0.15) is 5.10 Å². The lowest BCUT2D eigenvalue weighted by atomic mass is 9.77. The van der Waals surface area contributed by atoms with Crippen LogP contribution in [0.3, 0.4) is 0 Å². The molecule has 4 rings (SSSR count). The molecule has 1 aliphatic carbocycles. The zero-order valence-corrected chi connectivity index (χ0v) is 15.9. The Hall–Kier alpha value is -2.50. The van der Waals surface area contributed by atoms with Gasteiger partial charge in [0.15, 0.2) is 11.5 Å². The van der Waals surface area contributed by atoms with E-state index in [1.165, 1.54) is 5.56 Å². The van der Waals surface area contributed by atoms with E-state index < -0.39 is 5.41 Å². The van der Waals surface area contributed by atoms with E-state index in [4.69, 9.17) is 9.47 Å². The molecule has 6 nitrogen and oxygen atoms in total. The van der Waals surface area contributed by atoms with Crippen molar-refractivity contribution in [2.24, 2.45) is 7.05 Å². The van der Waals surface area contributed by atoms with E-state index in [1.807, 2.05) is 42.3 Å². The van der Waals surface area contributed by atoms with E-state index >= 15 is 0 Å². The molecule has 6 heteroatoms. The lowest BCUT2D eigenvalue weighted by molar-refractivity contribution is -0.126. The second-order valence-corrected chi connectivity index (χ2v) is 7.53. The molecule has 2 aromatic rings. The average molecular weight is 369 g/mol. The summed E-state index contributed by atoms with van der Waals surface area (Å²) in [6.45, 7) is 1.82. The lowest BCUT2D eigenvalue weighted by Gasteiger charge is -2.30. The predicted octanol–water partition coefficient (Wildman–Crippen LogP) is 2.75. The maximum Gasteiger partial charge on any atom is 0.230 e. The number of hydrogen-bond donors (Lipinski definition) is 1. The molecule has 2 aliphatic rings. The molecule has 27 heavy (non-hydrogen) atoms. The molecule has 1 fully saturated rings. The third-order valence-electron chi connectivity index (χ3n) is 5.67.